The molecule has 1 aromatic carbocycles. The summed E-state index contributed by atoms with van der Waals surface area (Å²) in [5.74, 6) is 0. The highest BCUT2D eigenvalue weighted by atomic mass is 32.1. The molecular formula is C14H13N3S. The molecule has 0 saturated heterocycles. The van der Waals surface area contributed by atoms with E-state index in [4.69, 9.17) is 5.73 Å². The van der Waals surface area contributed by atoms with Crippen LogP contribution >= 0.6 is 11.3 Å². The lowest BCUT2D eigenvalue weighted by Crippen LogP contribution is -2.00. The van der Waals surface area contributed by atoms with Gasteiger partial charge >= 0.3 is 0 Å². The van der Waals surface area contributed by atoms with Crippen LogP contribution in [-0.4, -0.2) is 4.98 Å². The van der Waals surface area contributed by atoms with Crippen LogP contribution in [0.3, 0.4) is 0 Å². The molecule has 0 unspecified atom stereocenters. The Morgan fingerprint density at radius 3 is 3.00 bits per heavy atom. The van der Waals surface area contributed by atoms with Crippen LogP contribution in [0.1, 0.15) is 5.56 Å². The first-order chi connectivity index (χ1) is 8.84. The smallest absolute Gasteiger partial charge is 0.0951 e. The van der Waals surface area contributed by atoms with Crippen molar-refractivity contribution in [3.63, 3.8) is 0 Å². The van der Waals surface area contributed by atoms with Crippen LogP contribution in [0.15, 0.2) is 47.3 Å². The molecule has 0 saturated carbocycles. The number of benzene rings is 1. The summed E-state index contributed by atoms with van der Waals surface area (Å²) in [6.07, 6.45) is 1.77. The molecule has 0 fully saturated rings. The maximum absolute atomic E-state index is 5.93. The Morgan fingerprint density at radius 2 is 2.17 bits per heavy atom. The van der Waals surface area contributed by atoms with Gasteiger partial charge in [-0.1, -0.05) is 0 Å². The predicted octanol–water partition coefficient (Wildman–Crippen LogP) is 3.49. The van der Waals surface area contributed by atoms with Crippen molar-refractivity contribution in [1.29, 1.82) is 0 Å². The molecular weight excluding hydrogens is 242 g/mol. The Hall–Kier alpha value is -2.07. The van der Waals surface area contributed by atoms with Crippen LogP contribution in [0, 0.1) is 0 Å². The molecule has 0 aliphatic rings. The van der Waals surface area contributed by atoms with Crippen molar-refractivity contribution in [3.8, 4) is 0 Å². The Morgan fingerprint density at radius 1 is 1.22 bits per heavy atom. The summed E-state index contributed by atoms with van der Waals surface area (Å²) in [4.78, 5) is 4.32. The summed E-state index contributed by atoms with van der Waals surface area (Å²) in [6.45, 7) is 0.817. The maximum Gasteiger partial charge on any atom is 0.0951 e. The zero-order valence-corrected chi connectivity index (χ0v) is 10.6. The van der Waals surface area contributed by atoms with E-state index in [0.717, 1.165) is 23.1 Å². The topological polar surface area (TPSA) is 50.9 Å². The van der Waals surface area contributed by atoms with E-state index in [1.54, 1.807) is 17.5 Å². The number of pyridine rings is 1. The quantitative estimate of drug-likeness (QED) is 0.704. The highest BCUT2D eigenvalue weighted by molar-refractivity contribution is 7.07. The first-order valence-electron chi connectivity index (χ1n) is 5.73. The number of hydrogen-bond acceptors (Lipinski definition) is 4. The second-order valence-electron chi connectivity index (χ2n) is 4.09. The molecule has 0 aliphatic carbocycles. The van der Waals surface area contributed by atoms with E-state index < -0.39 is 0 Å². The van der Waals surface area contributed by atoms with Gasteiger partial charge in [-0.15, -0.1) is 0 Å². The lowest BCUT2D eigenvalue weighted by molar-refractivity contribution is 1.17. The Balaban J connectivity index is 1.94. The van der Waals surface area contributed by atoms with Crippen molar-refractivity contribution < 1.29 is 0 Å². The number of rotatable bonds is 3. The van der Waals surface area contributed by atoms with Crippen LogP contribution in [-0.2, 0) is 6.54 Å². The van der Waals surface area contributed by atoms with Gasteiger partial charge in [-0.3, -0.25) is 4.98 Å². The summed E-state index contributed by atoms with van der Waals surface area (Å²) >= 11 is 1.71. The van der Waals surface area contributed by atoms with Crippen LogP contribution in [0.25, 0.3) is 10.9 Å². The molecule has 3 aromatic rings. The van der Waals surface area contributed by atoms with E-state index in [-0.39, 0.29) is 0 Å². The van der Waals surface area contributed by atoms with E-state index in [1.807, 2.05) is 24.3 Å². The average Bonchev–Trinajstić information content (AvgIpc) is 2.92. The van der Waals surface area contributed by atoms with Gasteiger partial charge in [0.1, 0.15) is 0 Å². The van der Waals surface area contributed by atoms with Crippen LogP contribution in [0.4, 0.5) is 11.4 Å². The number of thiophene rings is 1. The second-order valence-corrected chi connectivity index (χ2v) is 4.87. The van der Waals surface area contributed by atoms with Crippen molar-refractivity contribution in [2.45, 2.75) is 6.54 Å². The number of anilines is 2. The Kier molecular flexibility index (Phi) is 2.86. The number of nitrogens with zero attached hydrogens (tertiary/aromatic N) is 1. The molecule has 0 radical (unpaired) electrons. The van der Waals surface area contributed by atoms with Gasteiger partial charge in [-0.25, -0.2) is 0 Å². The number of aromatic nitrogens is 1. The summed E-state index contributed by atoms with van der Waals surface area (Å²) in [6, 6.07) is 9.98. The summed E-state index contributed by atoms with van der Waals surface area (Å²) in [7, 11) is 0. The number of fused-ring (bicyclic) bond motifs is 1. The minimum absolute atomic E-state index is 0.715. The first-order valence-corrected chi connectivity index (χ1v) is 6.67. The van der Waals surface area contributed by atoms with Gasteiger partial charge in [0.25, 0.3) is 0 Å². The normalized spacial score (nSPS) is 10.7. The third-order valence-electron chi connectivity index (χ3n) is 2.86. The van der Waals surface area contributed by atoms with Gasteiger partial charge < -0.3 is 11.1 Å². The number of nitrogens with one attached hydrogen (secondary N) is 1. The van der Waals surface area contributed by atoms with Crippen molar-refractivity contribution in [2.24, 2.45) is 0 Å². The van der Waals surface area contributed by atoms with Crippen molar-refractivity contribution in [3.05, 3.63) is 52.9 Å². The average molecular weight is 255 g/mol. The molecule has 90 valence electrons. The van der Waals surface area contributed by atoms with Crippen LogP contribution in [0.5, 0.6) is 0 Å². The molecule has 3 rings (SSSR count). The monoisotopic (exact) mass is 255 g/mol. The zero-order valence-electron chi connectivity index (χ0n) is 9.76. The molecule has 18 heavy (non-hydrogen) atoms. The highest BCUT2D eigenvalue weighted by Gasteiger charge is 2.04. The molecule has 4 heteroatoms. The van der Waals surface area contributed by atoms with Crippen LogP contribution in [0.2, 0.25) is 0 Å². The zero-order chi connectivity index (χ0) is 12.4. The van der Waals surface area contributed by atoms with Crippen LogP contribution < -0.4 is 11.1 Å². The third kappa shape index (κ3) is 2.02. The number of nitrogens with two attached hydrogens (primary N) is 1. The molecule has 0 spiro atoms. The van der Waals surface area contributed by atoms with Gasteiger partial charge in [-0.2, -0.15) is 11.3 Å². The first kappa shape index (κ1) is 11.0. The number of nitrogen functional groups attached to an aromatic ring is 1. The summed E-state index contributed by atoms with van der Waals surface area (Å²) < 4.78 is 0. The Labute approximate surface area is 109 Å². The van der Waals surface area contributed by atoms with Crippen molar-refractivity contribution in [2.75, 3.05) is 11.1 Å². The lowest BCUT2D eigenvalue weighted by Gasteiger charge is -2.10. The highest BCUT2D eigenvalue weighted by Crippen LogP contribution is 2.26. The van der Waals surface area contributed by atoms with Crippen molar-refractivity contribution >= 4 is 33.6 Å². The largest absolute Gasteiger partial charge is 0.397 e. The number of hydrogen-bond donors (Lipinski definition) is 2. The molecule has 0 amide bonds. The van der Waals surface area contributed by atoms with E-state index >= 15 is 0 Å². The fraction of sp³-hybridized carbons (Fsp3) is 0.0714. The molecule has 0 aliphatic heterocycles. The van der Waals surface area contributed by atoms with Gasteiger partial charge in [0.05, 0.1) is 11.2 Å². The maximum atomic E-state index is 5.93. The second kappa shape index (κ2) is 4.66. The van der Waals surface area contributed by atoms with Gasteiger partial charge in [0.15, 0.2) is 0 Å². The minimum Gasteiger partial charge on any atom is -0.397 e. The molecule has 2 heterocycles. The third-order valence-corrected chi connectivity index (χ3v) is 3.60. The van der Waals surface area contributed by atoms with Crippen molar-refractivity contribution in [1.82, 2.24) is 4.98 Å². The van der Waals surface area contributed by atoms with E-state index in [2.05, 4.69) is 27.1 Å². The van der Waals surface area contributed by atoms with E-state index in [1.165, 1.54) is 5.56 Å². The van der Waals surface area contributed by atoms with Gasteiger partial charge in [0.2, 0.25) is 0 Å². The predicted molar refractivity (Wildman–Crippen MR) is 77.8 cm³/mol. The fourth-order valence-electron chi connectivity index (χ4n) is 1.94. The molecule has 2 aromatic heterocycles. The Bertz CT molecular complexity index is 662. The standard InChI is InChI=1S/C14H13N3S/c15-12-3-4-13(11-2-1-6-16-14(11)12)17-8-10-5-7-18-9-10/h1-7,9,17H,8,15H2. The van der Waals surface area contributed by atoms with E-state index in [0.29, 0.717) is 5.69 Å². The lowest BCUT2D eigenvalue weighted by atomic mass is 10.1. The fourth-order valence-corrected chi connectivity index (χ4v) is 2.61. The van der Waals surface area contributed by atoms with Gasteiger partial charge in [0, 0.05) is 23.8 Å². The molecule has 0 bridgehead atoms. The molecule has 3 N–H and O–H groups in total. The summed E-state index contributed by atoms with van der Waals surface area (Å²) in [5, 5.41) is 8.72. The minimum atomic E-state index is 0.715. The molecule has 0 atom stereocenters. The molecule has 3 nitrogen and oxygen atoms in total. The van der Waals surface area contributed by atoms with E-state index in [9.17, 15) is 0 Å². The SMILES string of the molecule is Nc1ccc(NCc2ccsc2)c2cccnc12. The van der Waals surface area contributed by atoms with Gasteiger partial charge in [-0.05, 0) is 46.7 Å². The summed E-state index contributed by atoms with van der Waals surface area (Å²) in [5.41, 5.74) is 9.85.